The molecule has 0 spiro atoms. The van der Waals surface area contributed by atoms with Crippen molar-refractivity contribution >= 4 is 43.6 Å². The molecule has 2 nitrogen and oxygen atoms in total. The molecular formula is C54H36N2. The lowest BCUT2D eigenvalue weighted by Crippen LogP contribution is -1.96. The maximum absolute atomic E-state index is 2.44. The zero-order valence-corrected chi connectivity index (χ0v) is 30.7. The Hall–Kier alpha value is -7.42. The number of hydrogen-bond acceptors (Lipinski definition) is 0. The van der Waals surface area contributed by atoms with Crippen LogP contribution in [0.1, 0.15) is 0 Å². The van der Waals surface area contributed by atoms with E-state index in [0.29, 0.717) is 0 Å². The van der Waals surface area contributed by atoms with E-state index in [0.717, 1.165) is 11.4 Å². The molecule has 56 heavy (non-hydrogen) atoms. The molecule has 2 aromatic heterocycles. The summed E-state index contributed by atoms with van der Waals surface area (Å²) in [4.78, 5) is 0. The molecule has 2 heteroatoms. The van der Waals surface area contributed by atoms with E-state index in [4.69, 9.17) is 0 Å². The fourth-order valence-corrected chi connectivity index (χ4v) is 8.73. The lowest BCUT2D eigenvalue weighted by molar-refractivity contribution is 1.18. The van der Waals surface area contributed by atoms with Gasteiger partial charge in [-0.1, -0.05) is 152 Å². The summed E-state index contributed by atoms with van der Waals surface area (Å²) in [6.07, 6.45) is 0. The van der Waals surface area contributed by atoms with Gasteiger partial charge in [-0.15, -0.1) is 0 Å². The van der Waals surface area contributed by atoms with Crippen molar-refractivity contribution in [3.8, 4) is 55.9 Å². The second-order valence-corrected chi connectivity index (χ2v) is 14.6. The number of benzene rings is 9. The smallest absolute Gasteiger partial charge is 0.0547 e. The third kappa shape index (κ3) is 5.26. The topological polar surface area (TPSA) is 9.86 Å². The van der Waals surface area contributed by atoms with Crippen LogP contribution in [0.3, 0.4) is 0 Å². The molecule has 2 heterocycles. The van der Waals surface area contributed by atoms with Gasteiger partial charge in [0, 0.05) is 32.9 Å². The highest BCUT2D eigenvalue weighted by Gasteiger charge is 2.19. The van der Waals surface area contributed by atoms with Gasteiger partial charge in [-0.2, -0.15) is 0 Å². The van der Waals surface area contributed by atoms with Crippen molar-refractivity contribution < 1.29 is 0 Å². The molecule has 262 valence electrons. The highest BCUT2D eigenvalue weighted by Crippen LogP contribution is 2.42. The van der Waals surface area contributed by atoms with Crippen LogP contribution in [-0.2, 0) is 0 Å². The number of aromatic nitrogens is 2. The lowest BCUT2D eigenvalue weighted by Gasteiger charge is -2.14. The van der Waals surface area contributed by atoms with Crippen LogP contribution >= 0.6 is 0 Å². The van der Waals surface area contributed by atoms with Crippen LogP contribution in [0.15, 0.2) is 218 Å². The van der Waals surface area contributed by atoms with Gasteiger partial charge in [0.1, 0.15) is 0 Å². The van der Waals surface area contributed by atoms with Gasteiger partial charge in [0.15, 0.2) is 0 Å². The first kappa shape index (κ1) is 32.0. The number of nitrogens with zero attached hydrogens (tertiary/aromatic N) is 2. The Morgan fingerprint density at radius 3 is 1.36 bits per heavy atom. The maximum Gasteiger partial charge on any atom is 0.0547 e. The molecule has 11 rings (SSSR count). The molecule has 0 atom stereocenters. The van der Waals surface area contributed by atoms with E-state index < -0.39 is 0 Å². The first-order valence-corrected chi connectivity index (χ1v) is 19.3. The summed E-state index contributed by atoms with van der Waals surface area (Å²) in [6.45, 7) is 0. The van der Waals surface area contributed by atoms with Gasteiger partial charge in [0.05, 0.1) is 22.1 Å². The molecule has 0 fully saturated rings. The summed E-state index contributed by atoms with van der Waals surface area (Å²) in [6, 6.07) is 79.4. The predicted octanol–water partition coefficient (Wildman–Crippen LogP) is 14.5. The lowest BCUT2D eigenvalue weighted by atomic mass is 9.97. The highest BCUT2D eigenvalue weighted by atomic mass is 15.0. The Balaban J connectivity index is 1.13. The summed E-state index contributed by atoms with van der Waals surface area (Å²) < 4.78 is 4.85. The molecule has 0 saturated carbocycles. The van der Waals surface area contributed by atoms with Gasteiger partial charge in [-0.25, -0.2) is 0 Å². The first-order valence-electron chi connectivity index (χ1n) is 19.3. The van der Waals surface area contributed by atoms with Crippen LogP contribution in [0.2, 0.25) is 0 Å². The Kier molecular flexibility index (Phi) is 7.53. The van der Waals surface area contributed by atoms with Crippen molar-refractivity contribution in [2.75, 3.05) is 0 Å². The first-order chi connectivity index (χ1) is 27.8. The third-order valence-electron chi connectivity index (χ3n) is 11.3. The zero-order valence-electron chi connectivity index (χ0n) is 30.7. The number of hydrogen-bond donors (Lipinski definition) is 0. The fraction of sp³-hybridized carbons (Fsp3) is 0. The molecule has 0 radical (unpaired) electrons. The average molecular weight is 713 g/mol. The molecule has 0 N–H and O–H groups in total. The van der Waals surface area contributed by atoms with Gasteiger partial charge in [-0.3, -0.25) is 0 Å². The van der Waals surface area contributed by atoms with Crippen LogP contribution in [0.4, 0.5) is 0 Å². The van der Waals surface area contributed by atoms with Crippen molar-refractivity contribution in [2.45, 2.75) is 0 Å². The normalized spacial score (nSPS) is 11.6. The fourth-order valence-electron chi connectivity index (χ4n) is 8.73. The van der Waals surface area contributed by atoms with Crippen molar-refractivity contribution in [3.63, 3.8) is 0 Å². The van der Waals surface area contributed by atoms with E-state index in [9.17, 15) is 0 Å². The summed E-state index contributed by atoms with van der Waals surface area (Å²) in [5, 5.41) is 4.99. The van der Waals surface area contributed by atoms with Gasteiger partial charge >= 0.3 is 0 Å². The van der Waals surface area contributed by atoms with Gasteiger partial charge in [0.25, 0.3) is 0 Å². The van der Waals surface area contributed by atoms with E-state index >= 15 is 0 Å². The van der Waals surface area contributed by atoms with Crippen LogP contribution in [-0.4, -0.2) is 9.13 Å². The Morgan fingerprint density at radius 1 is 0.232 bits per heavy atom. The number of fused-ring (bicyclic) bond motifs is 6. The summed E-state index contributed by atoms with van der Waals surface area (Å²) in [5.74, 6) is 0. The van der Waals surface area contributed by atoms with Gasteiger partial charge < -0.3 is 9.13 Å². The molecule has 0 bridgehead atoms. The van der Waals surface area contributed by atoms with E-state index in [2.05, 4.69) is 228 Å². The van der Waals surface area contributed by atoms with Crippen LogP contribution < -0.4 is 0 Å². The van der Waals surface area contributed by atoms with Crippen LogP contribution in [0.5, 0.6) is 0 Å². The standard InChI is InChI=1S/C54H36N2/c1-5-16-37(17-6-1)42-32-43(38-18-7-2-8-19-38)34-45(33-42)56-50-26-14-13-24-47(50)48-35-40(28-30-51(48)56)41-29-31-52-49(36-41)54-46(39-20-9-3-10-21-39)25-15-27-53(54)55(52)44-22-11-4-12-23-44/h1-36H. The van der Waals surface area contributed by atoms with Gasteiger partial charge in [-0.05, 0) is 111 Å². The Labute approximate surface area is 325 Å². The Morgan fingerprint density at radius 2 is 0.714 bits per heavy atom. The predicted molar refractivity (Wildman–Crippen MR) is 237 cm³/mol. The summed E-state index contributed by atoms with van der Waals surface area (Å²) in [5.41, 5.74) is 16.7. The van der Waals surface area contributed by atoms with Crippen molar-refractivity contribution in [1.29, 1.82) is 0 Å². The minimum absolute atomic E-state index is 1.15. The Bertz CT molecular complexity index is 3150. The van der Waals surface area contributed by atoms with Crippen molar-refractivity contribution in [1.82, 2.24) is 9.13 Å². The second kappa shape index (κ2) is 13.2. The van der Waals surface area contributed by atoms with E-state index in [1.54, 1.807) is 0 Å². The molecule has 0 amide bonds. The minimum Gasteiger partial charge on any atom is -0.309 e. The van der Waals surface area contributed by atoms with Crippen molar-refractivity contribution in [2.24, 2.45) is 0 Å². The average Bonchev–Trinajstić information content (AvgIpc) is 3.80. The van der Waals surface area contributed by atoms with E-state index in [1.807, 2.05) is 0 Å². The largest absolute Gasteiger partial charge is 0.309 e. The van der Waals surface area contributed by atoms with Crippen LogP contribution in [0.25, 0.3) is 99.5 Å². The van der Waals surface area contributed by atoms with E-state index in [1.165, 1.54) is 88.1 Å². The molecule has 11 aromatic rings. The highest BCUT2D eigenvalue weighted by molar-refractivity contribution is 6.17. The summed E-state index contributed by atoms with van der Waals surface area (Å²) >= 11 is 0. The number of para-hydroxylation sites is 2. The summed E-state index contributed by atoms with van der Waals surface area (Å²) in [7, 11) is 0. The molecule has 0 saturated heterocycles. The third-order valence-corrected chi connectivity index (χ3v) is 11.3. The van der Waals surface area contributed by atoms with Crippen LogP contribution in [0, 0.1) is 0 Å². The molecule has 0 aliphatic carbocycles. The zero-order chi connectivity index (χ0) is 37.0. The number of rotatable bonds is 6. The maximum atomic E-state index is 2.44. The van der Waals surface area contributed by atoms with Crippen molar-refractivity contribution in [3.05, 3.63) is 218 Å². The monoisotopic (exact) mass is 712 g/mol. The van der Waals surface area contributed by atoms with E-state index in [-0.39, 0.29) is 0 Å². The molecular weight excluding hydrogens is 677 g/mol. The molecule has 9 aromatic carbocycles. The SMILES string of the molecule is c1ccc(-c2cc(-c3ccccc3)cc(-n3c4ccccc4c4cc(-c5ccc6c(c5)c5c(-c7ccccc7)cccc5n6-c5ccccc5)ccc43)c2)cc1. The van der Waals surface area contributed by atoms with Gasteiger partial charge in [0.2, 0.25) is 0 Å². The quantitative estimate of drug-likeness (QED) is 0.162. The minimum atomic E-state index is 1.15. The molecule has 0 aliphatic rings. The molecule has 0 unspecified atom stereocenters. The second-order valence-electron chi connectivity index (χ2n) is 14.6. The molecule has 0 aliphatic heterocycles.